The first-order chi connectivity index (χ1) is 7.42. The van der Waals surface area contributed by atoms with Crippen LogP contribution in [-0.4, -0.2) is 18.5 Å². The number of rotatable bonds is 5. The molecule has 1 unspecified atom stereocenters. The highest BCUT2D eigenvalue weighted by molar-refractivity contribution is 5.49. The third-order valence-electron chi connectivity index (χ3n) is 3.06. The van der Waals surface area contributed by atoms with E-state index >= 15 is 0 Å². The van der Waals surface area contributed by atoms with E-state index in [-0.39, 0.29) is 12.2 Å². The van der Waals surface area contributed by atoms with Crippen molar-refractivity contribution in [2.24, 2.45) is 5.41 Å². The quantitative estimate of drug-likeness (QED) is 0.527. The van der Waals surface area contributed by atoms with Crippen molar-refractivity contribution in [3.8, 4) is 0 Å². The molecule has 0 aliphatic carbocycles. The average molecular weight is 224 g/mol. The second kappa shape index (κ2) is 5.62. The molecule has 0 N–H and O–H groups in total. The summed E-state index contributed by atoms with van der Waals surface area (Å²) in [5, 5.41) is 0. The van der Waals surface area contributed by atoms with Crippen molar-refractivity contribution in [1.82, 2.24) is 0 Å². The van der Waals surface area contributed by atoms with E-state index in [1.165, 1.54) is 5.57 Å². The maximum atomic E-state index is 10.3. The Bertz CT molecular complexity index is 250. The SMILES string of the molecule is C=C1CC(CCC=O)O[C@H]1CCC(C)(C)C. The highest BCUT2D eigenvalue weighted by Crippen LogP contribution is 2.32. The van der Waals surface area contributed by atoms with Gasteiger partial charge in [-0.15, -0.1) is 0 Å². The van der Waals surface area contributed by atoms with Crippen LogP contribution in [0, 0.1) is 5.41 Å². The number of carbonyl (C=O) groups is 1. The molecule has 16 heavy (non-hydrogen) atoms. The number of carbonyl (C=O) groups excluding carboxylic acids is 1. The Labute approximate surface area is 99.1 Å². The fourth-order valence-electron chi connectivity index (χ4n) is 2.06. The molecule has 0 saturated carbocycles. The average Bonchev–Trinajstić information content (AvgIpc) is 2.52. The van der Waals surface area contributed by atoms with Gasteiger partial charge in [-0.05, 0) is 36.7 Å². The molecule has 0 aromatic carbocycles. The van der Waals surface area contributed by atoms with Crippen molar-refractivity contribution in [2.45, 2.75) is 65.1 Å². The maximum absolute atomic E-state index is 10.3. The van der Waals surface area contributed by atoms with Gasteiger partial charge in [-0.25, -0.2) is 0 Å². The van der Waals surface area contributed by atoms with Crippen molar-refractivity contribution in [2.75, 3.05) is 0 Å². The molecule has 1 saturated heterocycles. The molecule has 1 rings (SSSR count). The molecule has 0 bridgehead atoms. The molecule has 1 aliphatic heterocycles. The lowest BCUT2D eigenvalue weighted by atomic mass is 9.88. The van der Waals surface area contributed by atoms with E-state index in [9.17, 15) is 4.79 Å². The first-order valence-electron chi connectivity index (χ1n) is 6.19. The van der Waals surface area contributed by atoms with E-state index in [2.05, 4.69) is 27.4 Å². The van der Waals surface area contributed by atoms with Gasteiger partial charge in [-0.2, -0.15) is 0 Å². The Morgan fingerprint density at radius 2 is 2.12 bits per heavy atom. The second-order valence-corrected chi connectivity index (χ2v) is 5.95. The molecule has 1 aliphatic rings. The molecule has 0 amide bonds. The number of hydrogen-bond donors (Lipinski definition) is 0. The predicted molar refractivity (Wildman–Crippen MR) is 66.4 cm³/mol. The third-order valence-corrected chi connectivity index (χ3v) is 3.06. The normalized spacial score (nSPS) is 26.1. The molecule has 0 aromatic heterocycles. The van der Waals surface area contributed by atoms with E-state index in [1.54, 1.807) is 0 Å². The molecule has 2 heteroatoms. The summed E-state index contributed by atoms with van der Waals surface area (Å²) in [7, 11) is 0. The van der Waals surface area contributed by atoms with Crippen LogP contribution in [0.15, 0.2) is 12.2 Å². The van der Waals surface area contributed by atoms with Crippen LogP contribution in [-0.2, 0) is 9.53 Å². The Morgan fingerprint density at radius 3 is 2.69 bits per heavy atom. The molecule has 0 radical (unpaired) electrons. The highest BCUT2D eigenvalue weighted by atomic mass is 16.5. The van der Waals surface area contributed by atoms with Gasteiger partial charge in [-0.1, -0.05) is 27.4 Å². The molecular weight excluding hydrogens is 200 g/mol. The first kappa shape index (κ1) is 13.4. The number of hydrogen-bond acceptors (Lipinski definition) is 2. The summed E-state index contributed by atoms with van der Waals surface area (Å²) in [6.45, 7) is 10.8. The molecule has 2 atom stereocenters. The zero-order chi connectivity index (χ0) is 12.2. The van der Waals surface area contributed by atoms with Gasteiger partial charge in [0.1, 0.15) is 6.29 Å². The van der Waals surface area contributed by atoms with Gasteiger partial charge in [0.2, 0.25) is 0 Å². The highest BCUT2D eigenvalue weighted by Gasteiger charge is 2.29. The van der Waals surface area contributed by atoms with E-state index in [0.717, 1.165) is 32.0 Å². The standard InChI is InChI=1S/C14H24O2/c1-11-10-12(6-5-9-15)16-13(11)7-8-14(2,3)4/h9,12-13H,1,5-8,10H2,2-4H3/t12?,13-/m0/s1. The van der Waals surface area contributed by atoms with Crippen LogP contribution in [0.1, 0.15) is 52.9 Å². The van der Waals surface area contributed by atoms with Crippen molar-refractivity contribution in [3.63, 3.8) is 0 Å². The van der Waals surface area contributed by atoms with Gasteiger partial charge in [0.25, 0.3) is 0 Å². The van der Waals surface area contributed by atoms with Crippen LogP contribution >= 0.6 is 0 Å². The summed E-state index contributed by atoms with van der Waals surface area (Å²) in [4.78, 5) is 10.3. The van der Waals surface area contributed by atoms with Gasteiger partial charge < -0.3 is 9.53 Å². The minimum atomic E-state index is 0.218. The minimum absolute atomic E-state index is 0.218. The summed E-state index contributed by atoms with van der Waals surface area (Å²) < 4.78 is 5.91. The van der Waals surface area contributed by atoms with Crippen LogP contribution in [0.3, 0.4) is 0 Å². The summed E-state index contributed by atoms with van der Waals surface area (Å²) in [6.07, 6.45) is 5.99. The molecule has 2 nitrogen and oxygen atoms in total. The molecular formula is C14H24O2. The van der Waals surface area contributed by atoms with Crippen LogP contribution in [0.25, 0.3) is 0 Å². The Hall–Kier alpha value is -0.630. The first-order valence-corrected chi connectivity index (χ1v) is 6.19. The van der Waals surface area contributed by atoms with Crippen LogP contribution in [0.5, 0.6) is 0 Å². The van der Waals surface area contributed by atoms with Crippen molar-refractivity contribution < 1.29 is 9.53 Å². The monoisotopic (exact) mass is 224 g/mol. The lowest BCUT2D eigenvalue weighted by Gasteiger charge is -2.21. The summed E-state index contributed by atoms with van der Waals surface area (Å²) in [5.41, 5.74) is 1.56. The zero-order valence-corrected chi connectivity index (χ0v) is 10.8. The van der Waals surface area contributed by atoms with Gasteiger partial charge in [-0.3, -0.25) is 0 Å². The summed E-state index contributed by atoms with van der Waals surface area (Å²) in [5.74, 6) is 0. The Morgan fingerprint density at radius 1 is 1.44 bits per heavy atom. The van der Waals surface area contributed by atoms with Crippen molar-refractivity contribution in [1.29, 1.82) is 0 Å². The van der Waals surface area contributed by atoms with Gasteiger partial charge in [0.05, 0.1) is 12.2 Å². The van der Waals surface area contributed by atoms with Crippen molar-refractivity contribution >= 4 is 6.29 Å². The smallest absolute Gasteiger partial charge is 0.120 e. The summed E-state index contributed by atoms with van der Waals surface area (Å²) >= 11 is 0. The molecule has 0 aromatic rings. The molecule has 0 spiro atoms. The molecule has 1 heterocycles. The Balaban J connectivity index is 2.33. The maximum Gasteiger partial charge on any atom is 0.120 e. The summed E-state index contributed by atoms with van der Waals surface area (Å²) in [6, 6.07) is 0. The van der Waals surface area contributed by atoms with Crippen LogP contribution in [0.2, 0.25) is 0 Å². The van der Waals surface area contributed by atoms with E-state index in [4.69, 9.17) is 4.74 Å². The van der Waals surface area contributed by atoms with E-state index in [1.807, 2.05) is 0 Å². The van der Waals surface area contributed by atoms with Crippen LogP contribution in [0.4, 0.5) is 0 Å². The predicted octanol–water partition coefficient (Wildman–Crippen LogP) is 3.51. The lowest BCUT2D eigenvalue weighted by molar-refractivity contribution is -0.108. The fourth-order valence-corrected chi connectivity index (χ4v) is 2.06. The fraction of sp³-hybridized carbons (Fsp3) is 0.786. The Kier molecular flexibility index (Phi) is 4.72. The van der Waals surface area contributed by atoms with Gasteiger partial charge >= 0.3 is 0 Å². The molecule has 1 fully saturated rings. The van der Waals surface area contributed by atoms with Gasteiger partial charge in [0.15, 0.2) is 0 Å². The molecule has 92 valence electrons. The van der Waals surface area contributed by atoms with Crippen molar-refractivity contribution in [3.05, 3.63) is 12.2 Å². The number of aldehydes is 1. The van der Waals surface area contributed by atoms with E-state index in [0.29, 0.717) is 11.8 Å². The van der Waals surface area contributed by atoms with E-state index < -0.39 is 0 Å². The largest absolute Gasteiger partial charge is 0.370 e. The minimum Gasteiger partial charge on any atom is -0.370 e. The number of ether oxygens (including phenoxy) is 1. The topological polar surface area (TPSA) is 26.3 Å². The second-order valence-electron chi connectivity index (χ2n) is 5.95. The zero-order valence-electron chi connectivity index (χ0n) is 10.8. The van der Waals surface area contributed by atoms with Crippen LogP contribution < -0.4 is 0 Å². The van der Waals surface area contributed by atoms with Gasteiger partial charge in [0, 0.05) is 6.42 Å². The third kappa shape index (κ3) is 4.48. The lowest BCUT2D eigenvalue weighted by Crippen LogP contribution is -2.15.